The highest BCUT2D eigenvalue weighted by atomic mass is 35.5. The number of hydrogen-bond acceptors (Lipinski definition) is 5. The van der Waals surface area contributed by atoms with Gasteiger partial charge in [0.05, 0.1) is 23.9 Å². The molecule has 1 aromatic carbocycles. The van der Waals surface area contributed by atoms with Gasteiger partial charge in [-0.2, -0.15) is 13.2 Å². The summed E-state index contributed by atoms with van der Waals surface area (Å²) in [4.78, 5) is 12.8. The molecule has 2 aromatic heterocycles. The first-order valence-electron chi connectivity index (χ1n) is 9.03. The molecular weight excluding hydrogens is 405 g/mol. The van der Waals surface area contributed by atoms with Crippen molar-refractivity contribution < 1.29 is 17.9 Å². The van der Waals surface area contributed by atoms with Crippen molar-refractivity contribution in [2.45, 2.75) is 38.4 Å². The number of pyridine rings is 1. The minimum absolute atomic E-state index is 0.0637. The predicted octanol–water partition coefficient (Wildman–Crippen LogP) is 5.29. The summed E-state index contributed by atoms with van der Waals surface area (Å²) in [7, 11) is 0. The lowest BCUT2D eigenvalue weighted by molar-refractivity contribution is -0.139. The molecule has 9 heteroatoms. The molecule has 5 nitrogen and oxygen atoms in total. The van der Waals surface area contributed by atoms with Crippen molar-refractivity contribution in [3.8, 4) is 5.75 Å². The van der Waals surface area contributed by atoms with Crippen LogP contribution in [0, 0.1) is 0 Å². The Morgan fingerprint density at radius 1 is 1.17 bits per heavy atom. The van der Waals surface area contributed by atoms with Crippen molar-refractivity contribution in [1.29, 1.82) is 0 Å². The van der Waals surface area contributed by atoms with Gasteiger partial charge in [0.2, 0.25) is 0 Å². The van der Waals surface area contributed by atoms with Crippen LogP contribution in [-0.2, 0) is 6.18 Å². The van der Waals surface area contributed by atoms with E-state index in [1.807, 2.05) is 6.92 Å². The van der Waals surface area contributed by atoms with E-state index in [0.29, 0.717) is 28.5 Å². The van der Waals surface area contributed by atoms with E-state index in [2.05, 4.69) is 15.0 Å². The Hall–Kier alpha value is -2.45. The smallest absolute Gasteiger partial charge is 0.419 e. The first kappa shape index (κ1) is 21.3. The largest absolute Gasteiger partial charge is 0.493 e. The number of benzene rings is 1. The van der Waals surface area contributed by atoms with Gasteiger partial charge in [-0.1, -0.05) is 30.7 Å². The van der Waals surface area contributed by atoms with Crippen LogP contribution in [-0.4, -0.2) is 21.6 Å². The maximum atomic E-state index is 13.4. The van der Waals surface area contributed by atoms with Gasteiger partial charge in [0.15, 0.2) is 0 Å². The third-order valence-corrected chi connectivity index (χ3v) is 4.74. The van der Waals surface area contributed by atoms with Gasteiger partial charge in [0.25, 0.3) is 0 Å². The van der Waals surface area contributed by atoms with Gasteiger partial charge < -0.3 is 10.5 Å². The molecule has 1 unspecified atom stereocenters. The van der Waals surface area contributed by atoms with Crippen LogP contribution < -0.4 is 10.5 Å². The Morgan fingerprint density at radius 2 is 1.93 bits per heavy atom. The molecule has 0 aliphatic rings. The van der Waals surface area contributed by atoms with Gasteiger partial charge in [-0.3, -0.25) is 0 Å². The van der Waals surface area contributed by atoms with Gasteiger partial charge in [0, 0.05) is 29.1 Å². The quantitative estimate of drug-likeness (QED) is 0.544. The average Bonchev–Trinajstić information content (AvgIpc) is 2.66. The average molecular weight is 425 g/mol. The molecule has 154 valence electrons. The summed E-state index contributed by atoms with van der Waals surface area (Å²) in [6.45, 7) is 3.57. The molecule has 3 rings (SSSR count). The van der Waals surface area contributed by atoms with Gasteiger partial charge in [-0.25, -0.2) is 15.0 Å². The van der Waals surface area contributed by atoms with Crippen molar-refractivity contribution in [1.82, 2.24) is 15.0 Å². The normalized spacial score (nSPS) is 14.0. The Balaban J connectivity index is 1.75. The number of rotatable bonds is 6. The molecule has 2 N–H and O–H groups in total. The molecule has 0 fully saturated rings. The highest BCUT2D eigenvalue weighted by molar-refractivity contribution is 6.30. The fourth-order valence-corrected chi connectivity index (χ4v) is 3.09. The number of para-hydroxylation sites is 1. The first-order chi connectivity index (χ1) is 13.7. The Bertz CT molecular complexity index is 1010. The van der Waals surface area contributed by atoms with Crippen molar-refractivity contribution in [3.63, 3.8) is 0 Å². The number of hydrogen-bond donors (Lipinski definition) is 1. The maximum absolute atomic E-state index is 13.4. The monoisotopic (exact) mass is 424 g/mol. The lowest BCUT2D eigenvalue weighted by Crippen LogP contribution is -2.15. The van der Waals surface area contributed by atoms with Crippen LogP contribution in [0.4, 0.5) is 13.2 Å². The number of alkyl halides is 3. The molecule has 0 spiro atoms. The summed E-state index contributed by atoms with van der Waals surface area (Å²) in [6.07, 6.45) is -0.894. The summed E-state index contributed by atoms with van der Waals surface area (Å²) in [6, 6.07) is 4.95. The molecule has 2 atom stereocenters. The molecule has 2 heterocycles. The molecule has 0 aliphatic heterocycles. The lowest BCUT2D eigenvalue weighted by Gasteiger charge is -2.20. The molecule has 3 aromatic rings. The van der Waals surface area contributed by atoms with E-state index in [-0.39, 0.29) is 18.3 Å². The van der Waals surface area contributed by atoms with Gasteiger partial charge in [-0.05, 0) is 25.5 Å². The topological polar surface area (TPSA) is 73.9 Å². The second-order valence-electron chi connectivity index (χ2n) is 6.84. The van der Waals surface area contributed by atoms with Crippen LogP contribution in [0.3, 0.4) is 0 Å². The van der Waals surface area contributed by atoms with Crippen molar-refractivity contribution >= 4 is 22.5 Å². The molecule has 0 bridgehead atoms. The van der Waals surface area contributed by atoms with E-state index in [0.717, 1.165) is 11.5 Å². The summed E-state index contributed by atoms with van der Waals surface area (Å²) in [5.41, 5.74) is 5.97. The fourth-order valence-electron chi connectivity index (χ4n) is 2.92. The number of nitrogens with zero attached hydrogens (tertiary/aromatic N) is 3. The Labute approximate surface area is 171 Å². The number of nitrogens with two attached hydrogens (primary N) is 1. The Kier molecular flexibility index (Phi) is 6.24. The second kappa shape index (κ2) is 8.51. The summed E-state index contributed by atoms with van der Waals surface area (Å²) < 4.78 is 45.7. The minimum atomic E-state index is -4.53. The molecule has 0 saturated heterocycles. The molecular formula is C20H20ClF3N4O. The van der Waals surface area contributed by atoms with Gasteiger partial charge >= 0.3 is 6.18 Å². The van der Waals surface area contributed by atoms with E-state index >= 15 is 0 Å². The van der Waals surface area contributed by atoms with Crippen LogP contribution >= 0.6 is 11.6 Å². The van der Waals surface area contributed by atoms with Crippen LogP contribution in [0.15, 0.2) is 36.7 Å². The number of fused-ring (bicyclic) bond motifs is 1. The highest BCUT2D eigenvalue weighted by Crippen LogP contribution is 2.40. The van der Waals surface area contributed by atoms with Crippen LogP contribution in [0.25, 0.3) is 10.9 Å². The summed E-state index contributed by atoms with van der Waals surface area (Å²) in [5, 5.41) is 1.11. The molecule has 29 heavy (non-hydrogen) atoms. The predicted molar refractivity (Wildman–Crippen MR) is 105 cm³/mol. The third-order valence-electron chi connectivity index (χ3n) is 4.53. The fraction of sp³-hybridized carbons (Fsp3) is 0.350. The van der Waals surface area contributed by atoms with E-state index < -0.39 is 17.8 Å². The molecule has 0 radical (unpaired) electrons. The minimum Gasteiger partial charge on any atom is -0.493 e. The number of ether oxygens (including phenoxy) is 1. The van der Waals surface area contributed by atoms with Crippen molar-refractivity contribution in [2.75, 3.05) is 6.61 Å². The van der Waals surface area contributed by atoms with Crippen molar-refractivity contribution in [2.24, 2.45) is 5.73 Å². The Morgan fingerprint density at radius 3 is 2.62 bits per heavy atom. The maximum Gasteiger partial charge on any atom is 0.419 e. The lowest BCUT2D eigenvalue weighted by atomic mass is 10.0. The number of halogens is 4. The summed E-state index contributed by atoms with van der Waals surface area (Å²) >= 11 is 5.86. The second-order valence-corrected chi connectivity index (χ2v) is 7.23. The number of aromatic nitrogens is 3. The van der Waals surface area contributed by atoms with Crippen LogP contribution in [0.5, 0.6) is 5.75 Å². The van der Waals surface area contributed by atoms with E-state index in [1.165, 1.54) is 6.07 Å². The zero-order valence-corrected chi connectivity index (χ0v) is 16.6. The highest BCUT2D eigenvalue weighted by Gasteiger charge is 2.35. The first-order valence-corrected chi connectivity index (χ1v) is 9.41. The SMILES string of the molecule is CC(CCOc1c([C@@H](C)N)cccc1C(F)(F)F)c1ncc2cc(Cl)ncc2n1. The van der Waals surface area contributed by atoms with Crippen LogP contribution in [0.2, 0.25) is 5.15 Å². The summed E-state index contributed by atoms with van der Waals surface area (Å²) in [5.74, 6) is 0.203. The third kappa shape index (κ3) is 4.94. The molecule has 0 amide bonds. The van der Waals surface area contributed by atoms with E-state index in [4.69, 9.17) is 22.1 Å². The van der Waals surface area contributed by atoms with E-state index in [9.17, 15) is 13.2 Å². The van der Waals surface area contributed by atoms with E-state index in [1.54, 1.807) is 31.5 Å². The van der Waals surface area contributed by atoms with Crippen molar-refractivity contribution in [3.05, 3.63) is 58.8 Å². The van der Waals surface area contributed by atoms with Crippen LogP contribution in [0.1, 0.15) is 49.2 Å². The zero-order valence-electron chi connectivity index (χ0n) is 15.9. The van der Waals surface area contributed by atoms with Gasteiger partial charge in [0.1, 0.15) is 16.7 Å². The zero-order chi connectivity index (χ0) is 21.2. The molecule has 0 aliphatic carbocycles. The standard InChI is InChI=1S/C20H20ClF3N4O/c1-11(19-27-9-13-8-17(21)26-10-16(13)28-19)6-7-29-18-14(12(2)25)4-3-5-15(18)20(22,23)24/h3-5,8-12H,6-7,25H2,1-2H3/t11?,12-/m1/s1. The van der Waals surface area contributed by atoms with Gasteiger partial charge in [-0.15, -0.1) is 0 Å². The molecule has 0 saturated carbocycles.